The molecule has 0 bridgehead atoms. The maximum Gasteiger partial charge on any atom is 0.323 e. The van der Waals surface area contributed by atoms with Crippen LogP contribution in [0, 0.1) is 12.7 Å². The molecular formula is C23H20FN5O4. The summed E-state index contributed by atoms with van der Waals surface area (Å²) in [6, 6.07) is 13.4. The summed E-state index contributed by atoms with van der Waals surface area (Å²) in [5, 5.41) is 12.0. The van der Waals surface area contributed by atoms with Crippen LogP contribution in [0.3, 0.4) is 0 Å². The molecule has 4 aromatic rings. The normalized spacial score (nSPS) is 10.6. The highest BCUT2D eigenvalue weighted by Gasteiger charge is 2.20. The number of methoxy groups -OCH3 is 1. The molecule has 0 atom stereocenters. The van der Waals surface area contributed by atoms with Gasteiger partial charge in [-0.3, -0.25) is 4.79 Å². The number of halogens is 1. The van der Waals surface area contributed by atoms with E-state index in [0.29, 0.717) is 28.1 Å². The number of urea groups is 1. The highest BCUT2D eigenvalue weighted by molar-refractivity contribution is 6.15. The van der Waals surface area contributed by atoms with E-state index in [1.54, 1.807) is 43.3 Å². The average molecular weight is 449 g/mol. The minimum absolute atomic E-state index is 0.0651. The third-order valence-electron chi connectivity index (χ3n) is 4.93. The summed E-state index contributed by atoms with van der Waals surface area (Å²) in [5.41, 5.74) is 8.17. The summed E-state index contributed by atoms with van der Waals surface area (Å²) in [7, 11) is 1.47. The predicted octanol–water partition coefficient (Wildman–Crippen LogP) is 4.76. The van der Waals surface area contributed by atoms with Crippen molar-refractivity contribution in [1.82, 2.24) is 5.16 Å². The number of carbonyl (C=O) groups excluding carboxylic acids is 2. The summed E-state index contributed by atoms with van der Waals surface area (Å²) in [5.74, 6) is -0.477. The van der Waals surface area contributed by atoms with E-state index >= 15 is 0 Å². The zero-order chi connectivity index (χ0) is 23.5. The topological polar surface area (TPSA) is 132 Å². The lowest BCUT2D eigenvalue weighted by Crippen LogP contribution is -2.20. The Hall–Kier alpha value is -4.60. The molecule has 0 saturated heterocycles. The van der Waals surface area contributed by atoms with E-state index in [0.717, 1.165) is 0 Å². The molecule has 1 heterocycles. The van der Waals surface area contributed by atoms with Crippen LogP contribution in [-0.4, -0.2) is 24.2 Å². The molecule has 1 aromatic heterocycles. The number of fused-ring (bicyclic) bond motifs is 1. The number of anilines is 4. The molecule has 10 heteroatoms. The van der Waals surface area contributed by atoms with Gasteiger partial charge in [-0.2, -0.15) is 0 Å². The van der Waals surface area contributed by atoms with E-state index in [4.69, 9.17) is 15.0 Å². The van der Waals surface area contributed by atoms with Crippen LogP contribution in [0.25, 0.3) is 11.0 Å². The van der Waals surface area contributed by atoms with Gasteiger partial charge in [0.25, 0.3) is 5.91 Å². The number of hydrogen-bond donors (Lipinski definition) is 4. The number of nitrogen functional groups attached to an aromatic ring is 1. The van der Waals surface area contributed by atoms with Crippen molar-refractivity contribution in [1.29, 1.82) is 0 Å². The van der Waals surface area contributed by atoms with Gasteiger partial charge in [-0.05, 0) is 55.0 Å². The molecule has 0 unspecified atom stereocenters. The van der Waals surface area contributed by atoms with Gasteiger partial charge < -0.3 is 30.9 Å². The first-order valence-corrected chi connectivity index (χ1v) is 9.83. The minimum Gasteiger partial charge on any atom is -0.493 e. The zero-order valence-corrected chi connectivity index (χ0v) is 17.7. The lowest BCUT2D eigenvalue weighted by atomic mass is 10.1. The van der Waals surface area contributed by atoms with Crippen LogP contribution < -0.4 is 26.4 Å². The van der Waals surface area contributed by atoms with Gasteiger partial charge in [0.1, 0.15) is 5.82 Å². The second kappa shape index (κ2) is 8.87. The Morgan fingerprint density at radius 2 is 1.79 bits per heavy atom. The molecule has 9 nitrogen and oxygen atoms in total. The quantitative estimate of drug-likeness (QED) is 0.347. The fourth-order valence-corrected chi connectivity index (χ4v) is 3.32. The van der Waals surface area contributed by atoms with Crippen molar-refractivity contribution in [3.63, 3.8) is 0 Å². The molecular weight excluding hydrogens is 429 g/mol. The van der Waals surface area contributed by atoms with Crippen LogP contribution in [0.2, 0.25) is 0 Å². The van der Waals surface area contributed by atoms with Crippen LogP contribution in [0.15, 0.2) is 59.1 Å². The van der Waals surface area contributed by atoms with E-state index in [9.17, 15) is 14.0 Å². The van der Waals surface area contributed by atoms with Crippen LogP contribution in [0.5, 0.6) is 5.75 Å². The Bertz CT molecular complexity index is 1370. The van der Waals surface area contributed by atoms with Crippen LogP contribution in [0.1, 0.15) is 15.9 Å². The van der Waals surface area contributed by atoms with Gasteiger partial charge in [-0.1, -0.05) is 17.3 Å². The Labute approximate surface area is 187 Å². The Kier molecular flexibility index (Phi) is 5.81. The number of rotatable bonds is 5. The number of benzene rings is 3. The van der Waals surface area contributed by atoms with Crippen molar-refractivity contribution in [3.05, 3.63) is 71.5 Å². The fraction of sp³-hybridized carbons (Fsp3) is 0.0870. The molecule has 0 spiro atoms. The predicted molar refractivity (Wildman–Crippen MR) is 123 cm³/mol. The Balaban J connectivity index is 1.49. The first kappa shape index (κ1) is 21.6. The Morgan fingerprint density at radius 1 is 1.03 bits per heavy atom. The monoisotopic (exact) mass is 449 g/mol. The van der Waals surface area contributed by atoms with Crippen LogP contribution in [-0.2, 0) is 0 Å². The van der Waals surface area contributed by atoms with Crippen molar-refractivity contribution >= 4 is 45.8 Å². The number of aryl methyl sites for hydroxylation is 1. The summed E-state index contributed by atoms with van der Waals surface area (Å²) in [4.78, 5) is 25.1. The number of aromatic nitrogens is 1. The highest BCUT2D eigenvalue weighted by Crippen LogP contribution is 2.33. The van der Waals surface area contributed by atoms with Gasteiger partial charge >= 0.3 is 6.03 Å². The van der Waals surface area contributed by atoms with Gasteiger partial charge in [0.05, 0.1) is 23.7 Å². The fourth-order valence-electron chi connectivity index (χ4n) is 3.32. The molecule has 4 rings (SSSR count). The number of para-hydroxylation sites is 1. The average Bonchev–Trinajstić information content (AvgIpc) is 3.18. The van der Waals surface area contributed by atoms with Crippen molar-refractivity contribution in [2.24, 2.45) is 0 Å². The van der Waals surface area contributed by atoms with Gasteiger partial charge in [-0.15, -0.1) is 0 Å². The smallest absolute Gasteiger partial charge is 0.323 e. The summed E-state index contributed by atoms with van der Waals surface area (Å²) in [6.07, 6.45) is 0. The summed E-state index contributed by atoms with van der Waals surface area (Å²) >= 11 is 0. The molecule has 168 valence electrons. The molecule has 0 radical (unpaired) electrons. The SMILES string of the molecule is COc1ccc(C(=O)Nc2ccc(NC(=O)Nc3ccccc3F)c(C)c2)c2c(N)noc12. The molecule has 3 aromatic carbocycles. The third kappa shape index (κ3) is 4.40. The van der Waals surface area contributed by atoms with Crippen LogP contribution >= 0.6 is 0 Å². The largest absolute Gasteiger partial charge is 0.493 e. The Morgan fingerprint density at radius 3 is 2.52 bits per heavy atom. The second-order valence-electron chi connectivity index (χ2n) is 7.13. The van der Waals surface area contributed by atoms with Crippen molar-refractivity contribution < 1.29 is 23.2 Å². The molecule has 0 aliphatic heterocycles. The van der Waals surface area contributed by atoms with E-state index in [-0.39, 0.29) is 22.7 Å². The number of amides is 3. The number of nitrogens with two attached hydrogens (primary N) is 1. The number of hydrogen-bond acceptors (Lipinski definition) is 6. The first-order valence-electron chi connectivity index (χ1n) is 9.83. The second-order valence-corrected chi connectivity index (χ2v) is 7.13. The maximum absolute atomic E-state index is 13.7. The minimum atomic E-state index is -0.594. The summed E-state index contributed by atoms with van der Waals surface area (Å²) < 4.78 is 24.1. The van der Waals surface area contributed by atoms with Crippen molar-refractivity contribution in [2.45, 2.75) is 6.92 Å². The number of carbonyl (C=O) groups is 2. The third-order valence-corrected chi connectivity index (χ3v) is 4.93. The molecule has 0 aliphatic rings. The highest BCUT2D eigenvalue weighted by atomic mass is 19.1. The van der Waals surface area contributed by atoms with E-state index in [1.165, 1.54) is 25.3 Å². The molecule has 0 fully saturated rings. The van der Waals surface area contributed by atoms with Gasteiger partial charge in [0, 0.05) is 11.4 Å². The molecule has 3 amide bonds. The van der Waals surface area contributed by atoms with Crippen molar-refractivity contribution in [3.8, 4) is 5.75 Å². The first-order chi connectivity index (χ1) is 15.9. The van der Waals surface area contributed by atoms with E-state index in [1.807, 2.05) is 0 Å². The molecule has 0 saturated carbocycles. The number of ether oxygens (including phenoxy) is 1. The molecule has 33 heavy (non-hydrogen) atoms. The standard InChI is InChI=1S/C23H20FN5O4/c1-12-11-13(7-9-16(12)27-23(31)28-17-6-4-3-5-15(17)24)26-22(30)14-8-10-18(32-2)20-19(14)21(25)29-33-20/h3-11H,1-2H3,(H2,25,29)(H,26,30)(H2,27,28,31). The van der Waals surface area contributed by atoms with E-state index < -0.39 is 17.8 Å². The number of nitrogens with one attached hydrogen (secondary N) is 3. The molecule has 5 N–H and O–H groups in total. The van der Waals surface area contributed by atoms with Gasteiger partial charge in [0.15, 0.2) is 11.6 Å². The van der Waals surface area contributed by atoms with E-state index in [2.05, 4.69) is 21.1 Å². The van der Waals surface area contributed by atoms with Crippen LogP contribution in [0.4, 0.5) is 32.1 Å². The maximum atomic E-state index is 13.7. The van der Waals surface area contributed by atoms with Gasteiger partial charge in [0.2, 0.25) is 5.58 Å². The zero-order valence-electron chi connectivity index (χ0n) is 17.7. The lowest BCUT2D eigenvalue weighted by Gasteiger charge is -2.13. The molecule has 0 aliphatic carbocycles. The lowest BCUT2D eigenvalue weighted by molar-refractivity contribution is 0.102. The number of nitrogens with zero attached hydrogens (tertiary/aromatic N) is 1. The van der Waals surface area contributed by atoms with Gasteiger partial charge in [-0.25, -0.2) is 9.18 Å². The summed E-state index contributed by atoms with van der Waals surface area (Å²) in [6.45, 7) is 1.76. The van der Waals surface area contributed by atoms with Crippen molar-refractivity contribution in [2.75, 3.05) is 28.8 Å².